The Kier molecular flexibility index (Phi) is 1.99. The van der Waals surface area contributed by atoms with Crippen LogP contribution in [0, 0.1) is 0 Å². The van der Waals surface area contributed by atoms with E-state index >= 15 is 0 Å². The van der Waals surface area contributed by atoms with Crippen molar-refractivity contribution in [2.24, 2.45) is 0 Å². The first-order valence-electron chi connectivity index (χ1n) is 3.38. The summed E-state index contributed by atoms with van der Waals surface area (Å²) in [5.74, 6) is -0.440. The number of hydrogen-bond acceptors (Lipinski definition) is 3. The van der Waals surface area contributed by atoms with E-state index in [0.717, 1.165) is 0 Å². The molecule has 6 heteroatoms. The molecule has 0 radical (unpaired) electrons. The quantitative estimate of drug-likeness (QED) is 0.538. The number of nitrogens with zero attached hydrogens (tertiary/aromatic N) is 1. The predicted octanol–water partition coefficient (Wildman–Crippen LogP) is -0.00520. The molecule has 2 N–H and O–H groups in total. The van der Waals surface area contributed by atoms with Crippen molar-refractivity contribution in [1.82, 2.24) is 10.2 Å². The molecule has 0 spiro atoms. The molecule has 0 bridgehead atoms. The van der Waals surface area contributed by atoms with Gasteiger partial charge in [-0.15, -0.1) is 0 Å². The maximum Gasteiger partial charge on any atom is 0.415 e. The van der Waals surface area contributed by atoms with Gasteiger partial charge in [0, 0.05) is 6.42 Å². The van der Waals surface area contributed by atoms with E-state index in [9.17, 15) is 14.4 Å². The van der Waals surface area contributed by atoms with Crippen molar-refractivity contribution in [2.45, 2.75) is 19.4 Å². The predicted molar refractivity (Wildman–Crippen MR) is 37.5 cm³/mol. The van der Waals surface area contributed by atoms with Gasteiger partial charge in [0.05, 0.1) is 6.04 Å². The zero-order chi connectivity index (χ0) is 9.30. The number of nitrogens with one attached hydrogen (secondary N) is 1. The van der Waals surface area contributed by atoms with Gasteiger partial charge in [0.25, 0.3) is 0 Å². The number of carbonyl (C=O) groups is 3. The maximum absolute atomic E-state index is 10.9. The minimum absolute atomic E-state index is 0.0258. The van der Waals surface area contributed by atoms with E-state index in [1.54, 1.807) is 0 Å². The highest BCUT2D eigenvalue weighted by molar-refractivity contribution is 6.03. The molecule has 0 aromatic carbocycles. The molecule has 0 saturated carbocycles. The van der Waals surface area contributed by atoms with Crippen LogP contribution in [-0.2, 0) is 4.79 Å². The van der Waals surface area contributed by atoms with E-state index in [1.165, 1.54) is 6.92 Å². The first-order valence-corrected chi connectivity index (χ1v) is 3.38. The molecule has 66 valence electrons. The van der Waals surface area contributed by atoms with E-state index in [1.807, 2.05) is 5.32 Å². The number of carboxylic acid groups (broad SMARTS) is 1. The molecule has 1 aliphatic rings. The highest BCUT2D eigenvalue weighted by Gasteiger charge is 2.33. The minimum Gasteiger partial charge on any atom is -0.465 e. The second-order valence-electron chi connectivity index (χ2n) is 2.56. The molecule has 0 aliphatic carbocycles. The Morgan fingerprint density at radius 3 is 2.67 bits per heavy atom. The molecule has 1 heterocycles. The van der Waals surface area contributed by atoms with Crippen LogP contribution in [0.4, 0.5) is 9.59 Å². The van der Waals surface area contributed by atoms with Gasteiger partial charge in [-0.1, -0.05) is 0 Å². The molecule has 12 heavy (non-hydrogen) atoms. The Hall–Kier alpha value is -1.59. The van der Waals surface area contributed by atoms with Gasteiger partial charge in [0.1, 0.15) is 0 Å². The normalized spacial score (nSPS) is 23.8. The first kappa shape index (κ1) is 8.51. The lowest BCUT2D eigenvalue weighted by Gasteiger charge is -2.28. The average Bonchev–Trinajstić information content (AvgIpc) is 1.82. The van der Waals surface area contributed by atoms with Gasteiger partial charge in [-0.3, -0.25) is 10.1 Å². The molecule has 4 amide bonds. The first-order chi connectivity index (χ1) is 5.52. The molecule has 0 aromatic heterocycles. The van der Waals surface area contributed by atoms with Gasteiger partial charge in [-0.25, -0.2) is 14.5 Å². The van der Waals surface area contributed by atoms with Crippen molar-refractivity contribution in [2.75, 3.05) is 0 Å². The van der Waals surface area contributed by atoms with Gasteiger partial charge in [-0.05, 0) is 6.92 Å². The van der Waals surface area contributed by atoms with Crippen molar-refractivity contribution in [3.05, 3.63) is 0 Å². The van der Waals surface area contributed by atoms with Crippen LogP contribution in [0.5, 0.6) is 0 Å². The SMILES string of the molecule is CC1CC(=O)NC(=O)N1C(=O)O. The summed E-state index contributed by atoms with van der Waals surface area (Å²) >= 11 is 0. The lowest BCUT2D eigenvalue weighted by atomic mass is 10.2. The highest BCUT2D eigenvalue weighted by Crippen LogP contribution is 2.09. The minimum atomic E-state index is -1.34. The Labute approximate surface area is 68.1 Å². The van der Waals surface area contributed by atoms with Crippen LogP contribution >= 0.6 is 0 Å². The van der Waals surface area contributed by atoms with Gasteiger partial charge in [0.2, 0.25) is 5.91 Å². The fourth-order valence-electron chi connectivity index (χ4n) is 1.07. The monoisotopic (exact) mass is 172 g/mol. The topological polar surface area (TPSA) is 86.7 Å². The summed E-state index contributed by atoms with van der Waals surface area (Å²) in [5, 5.41) is 10.4. The Morgan fingerprint density at radius 2 is 2.25 bits per heavy atom. The van der Waals surface area contributed by atoms with Crippen LogP contribution in [0.15, 0.2) is 0 Å². The number of rotatable bonds is 0. The maximum atomic E-state index is 10.9. The smallest absolute Gasteiger partial charge is 0.415 e. The summed E-state index contributed by atoms with van der Waals surface area (Å²) in [6, 6.07) is -1.45. The molecular formula is C6H8N2O4. The van der Waals surface area contributed by atoms with Crippen LogP contribution < -0.4 is 5.32 Å². The lowest BCUT2D eigenvalue weighted by Crippen LogP contribution is -2.55. The average molecular weight is 172 g/mol. The molecule has 1 saturated heterocycles. The summed E-state index contributed by atoms with van der Waals surface area (Å²) in [7, 11) is 0. The number of imide groups is 2. The Morgan fingerprint density at radius 1 is 1.67 bits per heavy atom. The van der Waals surface area contributed by atoms with Gasteiger partial charge < -0.3 is 5.11 Å². The van der Waals surface area contributed by atoms with Crippen molar-refractivity contribution in [3.8, 4) is 0 Å². The van der Waals surface area contributed by atoms with E-state index in [4.69, 9.17) is 5.11 Å². The van der Waals surface area contributed by atoms with Crippen LogP contribution in [-0.4, -0.2) is 34.1 Å². The third-order valence-electron chi connectivity index (χ3n) is 1.59. The molecule has 1 rings (SSSR count). The van der Waals surface area contributed by atoms with Gasteiger partial charge in [0.15, 0.2) is 0 Å². The zero-order valence-electron chi connectivity index (χ0n) is 6.40. The summed E-state index contributed by atoms with van der Waals surface area (Å²) in [6.07, 6.45) is -1.31. The molecule has 0 aromatic rings. The molecule has 1 fully saturated rings. The van der Waals surface area contributed by atoms with E-state index in [-0.39, 0.29) is 6.42 Å². The van der Waals surface area contributed by atoms with E-state index in [2.05, 4.69) is 0 Å². The molecule has 1 atom stereocenters. The van der Waals surface area contributed by atoms with Gasteiger partial charge in [-0.2, -0.15) is 0 Å². The van der Waals surface area contributed by atoms with Crippen molar-refractivity contribution in [3.63, 3.8) is 0 Å². The highest BCUT2D eigenvalue weighted by atomic mass is 16.4. The largest absolute Gasteiger partial charge is 0.465 e. The fraction of sp³-hybridized carbons (Fsp3) is 0.500. The Bertz CT molecular complexity index is 250. The molecular weight excluding hydrogens is 164 g/mol. The molecule has 6 nitrogen and oxygen atoms in total. The van der Waals surface area contributed by atoms with Crippen molar-refractivity contribution in [1.29, 1.82) is 0 Å². The fourth-order valence-corrected chi connectivity index (χ4v) is 1.07. The van der Waals surface area contributed by atoms with E-state index in [0.29, 0.717) is 4.90 Å². The van der Waals surface area contributed by atoms with Crippen molar-refractivity contribution >= 4 is 18.0 Å². The summed E-state index contributed by atoms with van der Waals surface area (Å²) in [4.78, 5) is 32.6. The van der Waals surface area contributed by atoms with Crippen LogP contribution in [0.1, 0.15) is 13.3 Å². The van der Waals surface area contributed by atoms with Crippen LogP contribution in [0.2, 0.25) is 0 Å². The van der Waals surface area contributed by atoms with Crippen LogP contribution in [0.25, 0.3) is 0 Å². The number of urea groups is 1. The van der Waals surface area contributed by atoms with E-state index < -0.39 is 24.1 Å². The second-order valence-corrected chi connectivity index (χ2v) is 2.56. The standard InChI is InChI=1S/C6H8N2O4/c1-3-2-4(9)7-5(10)8(3)6(11)12/h3H,2H2,1H3,(H,11,12)(H,7,9,10). The number of amides is 4. The van der Waals surface area contributed by atoms with Crippen LogP contribution in [0.3, 0.4) is 0 Å². The summed E-state index contributed by atoms with van der Waals surface area (Å²) < 4.78 is 0. The third-order valence-corrected chi connectivity index (χ3v) is 1.59. The Balaban J connectivity index is 2.80. The lowest BCUT2D eigenvalue weighted by molar-refractivity contribution is -0.122. The van der Waals surface area contributed by atoms with Gasteiger partial charge >= 0.3 is 12.1 Å². The summed E-state index contributed by atoms with van der Waals surface area (Å²) in [5.41, 5.74) is 0. The number of hydrogen-bond donors (Lipinski definition) is 2. The number of carbonyl (C=O) groups excluding carboxylic acids is 2. The molecule has 1 unspecified atom stereocenters. The molecule has 1 aliphatic heterocycles. The zero-order valence-corrected chi connectivity index (χ0v) is 6.40. The summed E-state index contributed by atoms with van der Waals surface area (Å²) in [6.45, 7) is 1.50. The second kappa shape index (κ2) is 2.80. The van der Waals surface area contributed by atoms with Crippen molar-refractivity contribution < 1.29 is 19.5 Å². The third kappa shape index (κ3) is 1.36.